The van der Waals surface area contributed by atoms with Gasteiger partial charge in [-0.1, -0.05) is 37.3 Å². The zero-order valence-electron chi connectivity index (χ0n) is 13.2. The Labute approximate surface area is 132 Å². The van der Waals surface area contributed by atoms with Crippen LogP contribution in [0.1, 0.15) is 50.5 Å². The minimum Gasteiger partial charge on any atom is -0.481 e. The van der Waals surface area contributed by atoms with Gasteiger partial charge in [-0.25, -0.2) is 0 Å². The molecular weight excluding hydrogens is 278 g/mol. The molecule has 0 radical (unpaired) electrons. The molecule has 1 aromatic rings. The second kappa shape index (κ2) is 7.97. The van der Waals surface area contributed by atoms with Crippen molar-refractivity contribution in [1.29, 1.82) is 0 Å². The van der Waals surface area contributed by atoms with Crippen LogP contribution in [0.15, 0.2) is 30.3 Å². The van der Waals surface area contributed by atoms with E-state index >= 15 is 0 Å². The summed E-state index contributed by atoms with van der Waals surface area (Å²) in [6.07, 6.45) is 3.28. The summed E-state index contributed by atoms with van der Waals surface area (Å²) in [5, 5.41) is 8.81. The average Bonchev–Trinajstić information content (AvgIpc) is 2.53. The Kier molecular flexibility index (Phi) is 5.99. The number of carboxylic acid groups (broad SMARTS) is 1. The van der Waals surface area contributed by atoms with E-state index < -0.39 is 5.97 Å². The van der Waals surface area contributed by atoms with Crippen LogP contribution in [0.5, 0.6) is 0 Å². The molecule has 0 aliphatic carbocycles. The van der Waals surface area contributed by atoms with Gasteiger partial charge in [-0.05, 0) is 36.7 Å². The predicted octanol–water partition coefficient (Wildman–Crippen LogP) is 3.28. The van der Waals surface area contributed by atoms with E-state index in [0.29, 0.717) is 25.4 Å². The van der Waals surface area contributed by atoms with E-state index in [1.165, 1.54) is 5.56 Å². The standard InChI is InChI=1S/C18H25NO3/c1-14(16-5-3-2-4-6-16)7-8-17(20)19-11-9-15(10-12-19)13-18(21)22/h2-6,14-15H,7-13H2,1H3,(H,21,22). The van der Waals surface area contributed by atoms with E-state index in [2.05, 4.69) is 19.1 Å². The highest BCUT2D eigenvalue weighted by atomic mass is 16.4. The number of rotatable bonds is 6. The Balaban J connectivity index is 1.73. The number of likely N-dealkylation sites (tertiary alicyclic amines) is 1. The summed E-state index contributed by atoms with van der Waals surface area (Å²) in [5.74, 6) is 0.0810. The summed E-state index contributed by atoms with van der Waals surface area (Å²) < 4.78 is 0. The zero-order valence-corrected chi connectivity index (χ0v) is 13.2. The van der Waals surface area contributed by atoms with Crippen LogP contribution in [0.25, 0.3) is 0 Å². The molecule has 1 aliphatic heterocycles. The summed E-state index contributed by atoms with van der Waals surface area (Å²) in [6.45, 7) is 3.56. The molecule has 0 bridgehead atoms. The van der Waals surface area contributed by atoms with Crippen molar-refractivity contribution in [2.24, 2.45) is 5.92 Å². The van der Waals surface area contributed by atoms with E-state index in [1.54, 1.807) is 0 Å². The van der Waals surface area contributed by atoms with Gasteiger partial charge in [-0.2, -0.15) is 0 Å². The smallest absolute Gasteiger partial charge is 0.303 e. The molecule has 0 spiro atoms. The first kappa shape index (κ1) is 16.5. The maximum atomic E-state index is 12.3. The largest absolute Gasteiger partial charge is 0.481 e. The molecule has 1 atom stereocenters. The Bertz CT molecular complexity index is 492. The van der Waals surface area contributed by atoms with Gasteiger partial charge in [0.2, 0.25) is 5.91 Å². The van der Waals surface area contributed by atoms with Gasteiger partial charge in [0.25, 0.3) is 0 Å². The second-order valence-corrected chi connectivity index (χ2v) is 6.27. The van der Waals surface area contributed by atoms with E-state index in [0.717, 1.165) is 19.3 Å². The highest BCUT2D eigenvalue weighted by molar-refractivity contribution is 5.76. The van der Waals surface area contributed by atoms with Gasteiger partial charge in [0.05, 0.1) is 0 Å². The molecule has 1 aliphatic rings. The summed E-state index contributed by atoms with van der Waals surface area (Å²) in [5.41, 5.74) is 1.27. The van der Waals surface area contributed by atoms with E-state index in [9.17, 15) is 9.59 Å². The number of hydrogen-bond acceptors (Lipinski definition) is 2. The maximum absolute atomic E-state index is 12.3. The summed E-state index contributed by atoms with van der Waals surface area (Å²) in [4.78, 5) is 24.9. The van der Waals surface area contributed by atoms with Crippen molar-refractivity contribution in [2.45, 2.75) is 44.9 Å². The second-order valence-electron chi connectivity index (χ2n) is 6.27. The fraction of sp³-hybridized carbons (Fsp3) is 0.556. The Hall–Kier alpha value is -1.84. The van der Waals surface area contributed by atoms with Crippen LogP contribution in [0.4, 0.5) is 0 Å². The first-order valence-corrected chi connectivity index (χ1v) is 8.10. The molecule has 1 heterocycles. The first-order valence-electron chi connectivity index (χ1n) is 8.10. The lowest BCUT2D eigenvalue weighted by Crippen LogP contribution is -2.38. The molecule has 1 fully saturated rings. The molecular formula is C18H25NO3. The number of piperidine rings is 1. The highest BCUT2D eigenvalue weighted by Gasteiger charge is 2.24. The van der Waals surface area contributed by atoms with Crippen molar-refractivity contribution in [2.75, 3.05) is 13.1 Å². The summed E-state index contributed by atoms with van der Waals surface area (Å²) >= 11 is 0. The first-order chi connectivity index (χ1) is 10.6. The molecule has 4 heteroatoms. The fourth-order valence-electron chi connectivity index (χ4n) is 3.08. The third kappa shape index (κ3) is 4.86. The summed E-state index contributed by atoms with van der Waals surface area (Å²) in [7, 11) is 0. The molecule has 1 saturated heterocycles. The van der Waals surface area contributed by atoms with Crippen molar-refractivity contribution in [3.8, 4) is 0 Å². The van der Waals surface area contributed by atoms with Gasteiger partial charge in [0.1, 0.15) is 0 Å². The quantitative estimate of drug-likeness (QED) is 0.877. The van der Waals surface area contributed by atoms with Crippen LogP contribution in [0, 0.1) is 5.92 Å². The number of benzene rings is 1. The number of carboxylic acids is 1. The van der Waals surface area contributed by atoms with E-state index in [4.69, 9.17) is 5.11 Å². The fourth-order valence-corrected chi connectivity index (χ4v) is 3.08. The van der Waals surface area contributed by atoms with Crippen molar-refractivity contribution in [3.05, 3.63) is 35.9 Å². The Morgan fingerprint density at radius 3 is 2.45 bits per heavy atom. The van der Waals surface area contributed by atoms with Crippen molar-refractivity contribution >= 4 is 11.9 Å². The number of carbonyl (C=O) groups excluding carboxylic acids is 1. The lowest BCUT2D eigenvalue weighted by atomic mass is 9.92. The Morgan fingerprint density at radius 1 is 1.23 bits per heavy atom. The number of nitrogens with zero attached hydrogens (tertiary/aromatic N) is 1. The predicted molar refractivity (Wildman–Crippen MR) is 85.6 cm³/mol. The monoisotopic (exact) mass is 303 g/mol. The molecule has 1 aromatic carbocycles. The highest BCUT2D eigenvalue weighted by Crippen LogP contribution is 2.23. The number of hydrogen-bond donors (Lipinski definition) is 1. The molecule has 4 nitrogen and oxygen atoms in total. The van der Waals surface area contributed by atoms with Gasteiger partial charge >= 0.3 is 5.97 Å². The third-order valence-electron chi connectivity index (χ3n) is 4.59. The lowest BCUT2D eigenvalue weighted by Gasteiger charge is -2.31. The minimum absolute atomic E-state index is 0.205. The molecule has 22 heavy (non-hydrogen) atoms. The van der Waals surface area contributed by atoms with Crippen LogP contribution in [0.3, 0.4) is 0 Å². The molecule has 0 aromatic heterocycles. The number of aliphatic carboxylic acids is 1. The van der Waals surface area contributed by atoms with Gasteiger partial charge < -0.3 is 10.0 Å². The number of amides is 1. The zero-order chi connectivity index (χ0) is 15.9. The van der Waals surface area contributed by atoms with Crippen LogP contribution in [0.2, 0.25) is 0 Å². The van der Waals surface area contributed by atoms with E-state index in [1.807, 2.05) is 23.1 Å². The van der Waals surface area contributed by atoms with Crippen LogP contribution in [-0.4, -0.2) is 35.0 Å². The summed E-state index contributed by atoms with van der Waals surface area (Å²) in [6, 6.07) is 10.3. The van der Waals surface area contributed by atoms with Crippen LogP contribution < -0.4 is 0 Å². The van der Waals surface area contributed by atoms with Crippen molar-refractivity contribution < 1.29 is 14.7 Å². The van der Waals surface area contributed by atoms with Gasteiger partial charge in [-0.3, -0.25) is 9.59 Å². The maximum Gasteiger partial charge on any atom is 0.303 e. The van der Waals surface area contributed by atoms with Gasteiger partial charge in [0.15, 0.2) is 0 Å². The molecule has 1 N–H and O–H groups in total. The van der Waals surface area contributed by atoms with Gasteiger partial charge in [0, 0.05) is 25.9 Å². The normalized spacial score (nSPS) is 17.2. The molecule has 1 unspecified atom stereocenters. The third-order valence-corrected chi connectivity index (χ3v) is 4.59. The lowest BCUT2D eigenvalue weighted by molar-refractivity contribution is -0.138. The van der Waals surface area contributed by atoms with Crippen LogP contribution in [-0.2, 0) is 9.59 Å². The minimum atomic E-state index is -0.735. The van der Waals surface area contributed by atoms with Crippen LogP contribution >= 0.6 is 0 Å². The topological polar surface area (TPSA) is 57.6 Å². The molecule has 2 rings (SSSR count). The Morgan fingerprint density at radius 2 is 1.86 bits per heavy atom. The van der Waals surface area contributed by atoms with Crippen molar-refractivity contribution in [1.82, 2.24) is 4.90 Å². The van der Waals surface area contributed by atoms with E-state index in [-0.39, 0.29) is 18.2 Å². The SMILES string of the molecule is CC(CCC(=O)N1CCC(CC(=O)O)CC1)c1ccccc1. The number of carbonyl (C=O) groups is 2. The molecule has 1 amide bonds. The van der Waals surface area contributed by atoms with Gasteiger partial charge in [-0.15, -0.1) is 0 Å². The molecule has 0 saturated carbocycles. The van der Waals surface area contributed by atoms with Crippen molar-refractivity contribution in [3.63, 3.8) is 0 Å². The average molecular weight is 303 g/mol. The molecule has 120 valence electrons.